The summed E-state index contributed by atoms with van der Waals surface area (Å²) in [5.74, 6) is 1.52. The number of aromatic nitrogens is 1. The van der Waals surface area contributed by atoms with Gasteiger partial charge in [-0.2, -0.15) is 0 Å². The van der Waals surface area contributed by atoms with Gasteiger partial charge in [-0.05, 0) is 70.2 Å². The number of aryl methyl sites for hydroxylation is 1. The maximum atomic E-state index is 14.3. The van der Waals surface area contributed by atoms with Crippen LogP contribution in [0.15, 0.2) is 131 Å². The lowest BCUT2D eigenvalue weighted by Crippen LogP contribution is -2.38. The van der Waals surface area contributed by atoms with Gasteiger partial charge in [-0.1, -0.05) is 108 Å². The van der Waals surface area contributed by atoms with Crippen molar-refractivity contribution in [2.24, 2.45) is 4.99 Å². The second kappa shape index (κ2) is 11.4. The van der Waals surface area contributed by atoms with Crippen LogP contribution in [0.2, 0.25) is 0 Å². The van der Waals surface area contributed by atoms with Gasteiger partial charge in [0, 0.05) is 11.1 Å². The van der Waals surface area contributed by atoms with E-state index in [0.29, 0.717) is 15.9 Å². The van der Waals surface area contributed by atoms with Gasteiger partial charge >= 0.3 is 0 Å². The Bertz CT molecular complexity index is 2290. The topological polar surface area (TPSA) is 52.8 Å². The molecule has 0 spiro atoms. The van der Waals surface area contributed by atoms with E-state index in [-0.39, 0.29) is 11.6 Å². The standard InChI is InChI=1S/C39H30N2O3S/c1-43-30-20-17-27(18-21-30)37-33-22-19-26-10-3-6-15-32(26)36(33)40-39-41(37)38(42)35(45-39)23-28-11-4-7-16-34(28)44-24-29-13-8-12-25-9-2-5-14-31(25)29/h2-18,20-21,23,37H,19,22,24H2,1H3/b35-23-/t37-/m0/s1. The third-order valence-corrected chi connectivity index (χ3v) is 9.76. The highest BCUT2D eigenvalue weighted by molar-refractivity contribution is 7.07. The molecular formula is C39H30N2O3S. The quantitative estimate of drug-likeness (QED) is 0.204. The molecule has 6 aromatic rings. The van der Waals surface area contributed by atoms with Crippen LogP contribution in [0.25, 0.3) is 22.5 Å². The van der Waals surface area contributed by atoms with Crippen molar-refractivity contribution in [1.82, 2.24) is 4.57 Å². The van der Waals surface area contributed by atoms with Crippen LogP contribution in [-0.4, -0.2) is 11.7 Å². The predicted octanol–water partition coefficient (Wildman–Crippen LogP) is 7.06. The van der Waals surface area contributed by atoms with Gasteiger partial charge in [0.05, 0.1) is 23.4 Å². The van der Waals surface area contributed by atoms with Gasteiger partial charge in [-0.25, -0.2) is 4.99 Å². The minimum Gasteiger partial charge on any atom is -0.497 e. The predicted molar refractivity (Wildman–Crippen MR) is 180 cm³/mol. The second-order valence-electron chi connectivity index (χ2n) is 11.4. The third-order valence-electron chi connectivity index (χ3n) is 8.77. The summed E-state index contributed by atoms with van der Waals surface area (Å²) in [6.45, 7) is 0.428. The molecule has 0 saturated carbocycles. The zero-order valence-electron chi connectivity index (χ0n) is 24.8. The molecule has 1 aromatic heterocycles. The molecule has 0 N–H and O–H groups in total. The van der Waals surface area contributed by atoms with Crippen molar-refractivity contribution in [3.8, 4) is 11.5 Å². The Kier molecular flexibility index (Phi) is 6.92. The maximum Gasteiger partial charge on any atom is 0.271 e. The van der Waals surface area contributed by atoms with Crippen LogP contribution in [0.4, 0.5) is 0 Å². The number of benzene rings is 5. The van der Waals surface area contributed by atoms with Crippen LogP contribution in [-0.2, 0) is 13.0 Å². The van der Waals surface area contributed by atoms with E-state index in [4.69, 9.17) is 14.5 Å². The average molecular weight is 607 g/mol. The van der Waals surface area contributed by atoms with Crippen LogP contribution >= 0.6 is 11.3 Å². The molecule has 8 rings (SSSR count). The molecule has 1 atom stereocenters. The summed E-state index contributed by atoms with van der Waals surface area (Å²) in [5, 5.41) is 2.36. The number of ether oxygens (including phenoxy) is 2. The molecule has 1 aliphatic carbocycles. The number of nitrogens with zero attached hydrogens (tertiary/aromatic N) is 2. The first-order chi connectivity index (χ1) is 22.2. The SMILES string of the molecule is COc1ccc([C@H]2C3=C(N=c4s/c(=C\c5ccccc5OCc5cccc6ccccc56)c(=O)n42)c2ccccc2CC3)cc1. The zero-order chi connectivity index (χ0) is 30.3. The Labute approximate surface area is 264 Å². The van der Waals surface area contributed by atoms with Gasteiger partial charge in [-0.3, -0.25) is 9.36 Å². The first-order valence-corrected chi connectivity index (χ1v) is 15.9. The number of rotatable bonds is 6. The number of hydrogen-bond donors (Lipinski definition) is 0. The average Bonchev–Trinajstić information content (AvgIpc) is 3.40. The number of fused-ring (bicyclic) bond motifs is 4. The fraction of sp³-hybridized carbons (Fsp3) is 0.128. The summed E-state index contributed by atoms with van der Waals surface area (Å²) in [6, 6.07) is 38.8. The minimum atomic E-state index is -0.240. The Morgan fingerprint density at radius 3 is 2.53 bits per heavy atom. The largest absolute Gasteiger partial charge is 0.497 e. The number of para-hydroxylation sites is 1. The fourth-order valence-corrected chi connectivity index (χ4v) is 7.55. The van der Waals surface area contributed by atoms with Crippen LogP contribution in [0.5, 0.6) is 11.5 Å². The lowest BCUT2D eigenvalue weighted by atomic mass is 9.83. The third kappa shape index (κ3) is 4.88. The van der Waals surface area contributed by atoms with Crippen LogP contribution in [0.1, 0.15) is 40.3 Å². The van der Waals surface area contributed by atoms with E-state index in [2.05, 4.69) is 72.8 Å². The Balaban J connectivity index is 1.23. The van der Waals surface area contributed by atoms with Crippen molar-refractivity contribution < 1.29 is 9.47 Å². The normalized spacial score (nSPS) is 15.7. The molecule has 5 aromatic carbocycles. The maximum absolute atomic E-state index is 14.3. The van der Waals surface area contributed by atoms with Crippen LogP contribution < -0.4 is 24.4 Å². The van der Waals surface area contributed by atoms with Crippen molar-refractivity contribution in [2.45, 2.75) is 25.5 Å². The fourth-order valence-electron chi connectivity index (χ4n) is 6.55. The number of allylic oxidation sites excluding steroid dienone is 1. The first kappa shape index (κ1) is 27.4. The molecule has 220 valence electrons. The van der Waals surface area contributed by atoms with Crippen molar-refractivity contribution in [3.63, 3.8) is 0 Å². The van der Waals surface area contributed by atoms with Gasteiger partial charge in [0.15, 0.2) is 4.80 Å². The lowest BCUT2D eigenvalue weighted by molar-refractivity contribution is 0.307. The Morgan fingerprint density at radius 1 is 0.867 bits per heavy atom. The first-order valence-electron chi connectivity index (χ1n) is 15.1. The van der Waals surface area contributed by atoms with Crippen LogP contribution in [0.3, 0.4) is 0 Å². The second-order valence-corrected chi connectivity index (χ2v) is 12.4. The van der Waals surface area contributed by atoms with Crippen molar-refractivity contribution in [1.29, 1.82) is 0 Å². The Morgan fingerprint density at radius 2 is 1.64 bits per heavy atom. The highest BCUT2D eigenvalue weighted by atomic mass is 32.1. The molecule has 0 amide bonds. The number of methoxy groups -OCH3 is 1. The summed E-state index contributed by atoms with van der Waals surface area (Å²) in [7, 11) is 1.67. The van der Waals surface area contributed by atoms with Crippen LogP contribution in [0, 0.1) is 0 Å². The summed E-state index contributed by atoms with van der Waals surface area (Å²) in [6.07, 6.45) is 3.72. The molecule has 5 nitrogen and oxygen atoms in total. The van der Waals surface area contributed by atoms with Crippen molar-refractivity contribution in [2.75, 3.05) is 7.11 Å². The van der Waals surface area contributed by atoms with E-state index in [0.717, 1.165) is 52.3 Å². The smallest absolute Gasteiger partial charge is 0.271 e. The summed E-state index contributed by atoms with van der Waals surface area (Å²) in [5.41, 5.74) is 7.59. The molecule has 6 heteroatoms. The van der Waals surface area contributed by atoms with E-state index in [1.165, 1.54) is 33.2 Å². The molecule has 0 saturated heterocycles. The van der Waals surface area contributed by atoms with E-state index in [1.807, 2.05) is 53.1 Å². The lowest BCUT2D eigenvalue weighted by Gasteiger charge is -2.30. The highest BCUT2D eigenvalue weighted by Crippen LogP contribution is 2.41. The van der Waals surface area contributed by atoms with Gasteiger partial charge in [0.25, 0.3) is 5.56 Å². The Hall–Kier alpha value is -5.20. The van der Waals surface area contributed by atoms with Gasteiger partial charge in [0.2, 0.25) is 0 Å². The number of thiazole rings is 1. The molecule has 1 aliphatic heterocycles. The van der Waals surface area contributed by atoms with Gasteiger partial charge in [-0.15, -0.1) is 0 Å². The molecule has 0 radical (unpaired) electrons. The van der Waals surface area contributed by atoms with E-state index < -0.39 is 0 Å². The van der Waals surface area contributed by atoms with Gasteiger partial charge in [0.1, 0.15) is 18.1 Å². The zero-order valence-corrected chi connectivity index (χ0v) is 25.6. The number of hydrogen-bond acceptors (Lipinski definition) is 5. The van der Waals surface area contributed by atoms with E-state index >= 15 is 0 Å². The van der Waals surface area contributed by atoms with Crippen molar-refractivity contribution >= 4 is 33.9 Å². The summed E-state index contributed by atoms with van der Waals surface area (Å²) in [4.78, 5) is 20.1. The highest BCUT2D eigenvalue weighted by Gasteiger charge is 2.32. The monoisotopic (exact) mass is 606 g/mol. The van der Waals surface area contributed by atoms with Crippen molar-refractivity contribution in [3.05, 3.63) is 168 Å². The molecule has 45 heavy (non-hydrogen) atoms. The minimum absolute atomic E-state index is 0.0474. The van der Waals surface area contributed by atoms with E-state index in [9.17, 15) is 4.79 Å². The summed E-state index contributed by atoms with van der Waals surface area (Å²) < 4.78 is 14.3. The van der Waals surface area contributed by atoms with E-state index in [1.54, 1.807) is 7.11 Å². The molecule has 0 bridgehead atoms. The molecule has 2 heterocycles. The molecule has 0 unspecified atom stereocenters. The summed E-state index contributed by atoms with van der Waals surface area (Å²) >= 11 is 1.43. The molecular weight excluding hydrogens is 577 g/mol. The molecule has 0 fully saturated rings. The van der Waals surface area contributed by atoms with Gasteiger partial charge < -0.3 is 9.47 Å². The molecule has 2 aliphatic rings.